The van der Waals surface area contributed by atoms with E-state index in [1.807, 2.05) is 40.7 Å². The Labute approximate surface area is 268 Å². The standard InChI is InChI=1S/C17H22.C15H22.C7H10.2C2H6/c1-6-8-15-13(7-2)14-10-9-12(3)11-16(14)17(15,4)5;1-10-6-8-13(9-7-10)14-11(2)12(3)15(14,4)5;1-4-6-7(3)5-2;2*1-2/h6,8-11H,7H2,1-5H3;6-9,11-12,14H,1-5H3;4-6H,1-2H2,3H3;2*1-2H3/b8-6-;;7-6-;;. The molecule has 0 heterocycles. The molecule has 3 atom stereocenters. The molecule has 43 heavy (non-hydrogen) atoms. The van der Waals surface area contributed by atoms with Gasteiger partial charge in [-0.2, -0.15) is 0 Å². The maximum Gasteiger partial charge on any atom is 0.0155 e. The van der Waals surface area contributed by atoms with Crippen LogP contribution in [0.4, 0.5) is 0 Å². The van der Waals surface area contributed by atoms with Crippen LogP contribution in [-0.4, -0.2) is 0 Å². The van der Waals surface area contributed by atoms with E-state index in [0.717, 1.165) is 29.7 Å². The van der Waals surface area contributed by atoms with Gasteiger partial charge in [-0.25, -0.2) is 0 Å². The van der Waals surface area contributed by atoms with E-state index in [-0.39, 0.29) is 5.41 Å². The third-order valence-electron chi connectivity index (χ3n) is 9.29. The maximum absolute atomic E-state index is 3.56. The van der Waals surface area contributed by atoms with E-state index in [4.69, 9.17) is 0 Å². The van der Waals surface area contributed by atoms with E-state index in [2.05, 4.69) is 137 Å². The number of aryl methyl sites for hydroxylation is 2. The number of benzene rings is 2. The molecule has 2 aliphatic rings. The van der Waals surface area contributed by atoms with Gasteiger partial charge in [-0.1, -0.05) is 179 Å². The quantitative estimate of drug-likeness (QED) is 0.308. The molecule has 1 fully saturated rings. The third-order valence-corrected chi connectivity index (χ3v) is 9.29. The highest BCUT2D eigenvalue weighted by atomic mass is 14.6. The second kappa shape index (κ2) is 18.7. The first-order valence-electron chi connectivity index (χ1n) is 16.7. The van der Waals surface area contributed by atoms with Crippen molar-refractivity contribution in [3.63, 3.8) is 0 Å². The summed E-state index contributed by atoms with van der Waals surface area (Å²) in [5.74, 6) is 2.40. The Morgan fingerprint density at radius 3 is 1.81 bits per heavy atom. The van der Waals surface area contributed by atoms with Gasteiger partial charge in [-0.05, 0) is 85.1 Å². The van der Waals surface area contributed by atoms with Gasteiger partial charge < -0.3 is 0 Å². The topological polar surface area (TPSA) is 0 Å². The van der Waals surface area contributed by atoms with Crippen molar-refractivity contribution in [1.82, 2.24) is 0 Å². The predicted octanol–water partition coefficient (Wildman–Crippen LogP) is 13.8. The molecule has 2 aliphatic carbocycles. The van der Waals surface area contributed by atoms with E-state index >= 15 is 0 Å². The molecule has 3 unspecified atom stereocenters. The number of allylic oxidation sites excluding steroid dienone is 8. The van der Waals surface area contributed by atoms with Crippen molar-refractivity contribution in [2.24, 2.45) is 17.3 Å². The van der Waals surface area contributed by atoms with Gasteiger partial charge in [0.15, 0.2) is 0 Å². The fourth-order valence-electron chi connectivity index (χ4n) is 6.53. The molecule has 0 spiro atoms. The maximum atomic E-state index is 3.56. The van der Waals surface area contributed by atoms with Crippen molar-refractivity contribution in [3.05, 3.63) is 125 Å². The Morgan fingerprint density at radius 1 is 0.860 bits per heavy atom. The summed E-state index contributed by atoms with van der Waals surface area (Å²) in [5.41, 5.74) is 12.0. The molecular formula is C43H66. The molecule has 2 aromatic carbocycles. The lowest BCUT2D eigenvalue weighted by molar-refractivity contribution is -0.0239. The van der Waals surface area contributed by atoms with E-state index in [1.54, 1.807) is 12.2 Å². The van der Waals surface area contributed by atoms with Gasteiger partial charge in [0.2, 0.25) is 0 Å². The highest BCUT2D eigenvalue weighted by Crippen LogP contribution is 2.60. The SMILES string of the molecule is C/C=C\C1=C(CC)c2ccc(C)cc2C1(C)C.C=C/C=C(/C)C=C.CC.CC.Cc1ccc(C2C(C)C(C)C2(C)C)cc1. The Balaban J connectivity index is 0.000000621. The van der Waals surface area contributed by atoms with E-state index in [9.17, 15) is 0 Å². The Hall–Kier alpha value is -2.86. The summed E-state index contributed by atoms with van der Waals surface area (Å²) in [6.45, 7) is 40.0. The fourth-order valence-corrected chi connectivity index (χ4v) is 6.53. The van der Waals surface area contributed by atoms with E-state index in [0.29, 0.717) is 5.41 Å². The lowest BCUT2D eigenvalue weighted by atomic mass is 9.48. The predicted molar refractivity (Wildman–Crippen MR) is 199 cm³/mol. The Morgan fingerprint density at radius 2 is 1.40 bits per heavy atom. The van der Waals surface area contributed by atoms with Gasteiger partial charge in [-0.15, -0.1) is 0 Å². The second-order valence-corrected chi connectivity index (χ2v) is 12.6. The van der Waals surface area contributed by atoms with Gasteiger partial charge in [0.1, 0.15) is 0 Å². The van der Waals surface area contributed by atoms with Crippen LogP contribution < -0.4 is 0 Å². The molecule has 0 bridgehead atoms. The summed E-state index contributed by atoms with van der Waals surface area (Å²) in [7, 11) is 0. The van der Waals surface area contributed by atoms with Crippen LogP contribution in [-0.2, 0) is 5.41 Å². The molecule has 0 aromatic heterocycles. The van der Waals surface area contributed by atoms with Crippen molar-refractivity contribution >= 4 is 5.57 Å². The van der Waals surface area contributed by atoms with Gasteiger partial charge in [0.05, 0.1) is 0 Å². The van der Waals surface area contributed by atoms with Crippen molar-refractivity contribution in [3.8, 4) is 0 Å². The van der Waals surface area contributed by atoms with Gasteiger partial charge in [0.25, 0.3) is 0 Å². The molecular weight excluding hydrogens is 516 g/mol. The van der Waals surface area contributed by atoms with Crippen LogP contribution in [0, 0.1) is 31.1 Å². The number of fused-ring (bicyclic) bond motifs is 1. The molecule has 0 heteroatoms. The lowest BCUT2D eigenvalue weighted by Gasteiger charge is -2.57. The minimum absolute atomic E-state index is 0.152. The molecule has 0 nitrogen and oxygen atoms in total. The zero-order valence-electron chi connectivity index (χ0n) is 30.8. The van der Waals surface area contributed by atoms with Gasteiger partial charge in [-0.3, -0.25) is 0 Å². The molecule has 0 radical (unpaired) electrons. The molecule has 0 amide bonds. The van der Waals surface area contributed by atoms with Crippen LogP contribution in [0.1, 0.15) is 130 Å². The van der Waals surface area contributed by atoms with Crippen LogP contribution in [0.2, 0.25) is 0 Å². The second-order valence-electron chi connectivity index (χ2n) is 12.6. The van der Waals surface area contributed by atoms with Crippen molar-refractivity contribution in [2.75, 3.05) is 0 Å². The smallest absolute Gasteiger partial charge is 0.0155 e. The van der Waals surface area contributed by atoms with Crippen LogP contribution >= 0.6 is 0 Å². The average Bonchev–Trinajstić information content (AvgIpc) is 3.21. The highest BCUT2D eigenvalue weighted by molar-refractivity contribution is 5.82. The number of hydrogen-bond acceptors (Lipinski definition) is 0. The largest absolute Gasteiger partial charge is 0.0991 e. The first-order chi connectivity index (χ1) is 20.3. The van der Waals surface area contributed by atoms with E-state index in [1.165, 1.54) is 39.0 Å². The van der Waals surface area contributed by atoms with Crippen LogP contribution in [0.25, 0.3) is 5.57 Å². The lowest BCUT2D eigenvalue weighted by Crippen LogP contribution is -2.48. The van der Waals surface area contributed by atoms with E-state index < -0.39 is 0 Å². The monoisotopic (exact) mass is 583 g/mol. The van der Waals surface area contributed by atoms with Crippen molar-refractivity contribution in [1.29, 1.82) is 0 Å². The normalized spacial score (nSPS) is 20.8. The third kappa shape index (κ3) is 9.82. The summed E-state index contributed by atoms with van der Waals surface area (Å²) in [4.78, 5) is 0. The molecule has 0 saturated heterocycles. The van der Waals surface area contributed by atoms with Gasteiger partial charge >= 0.3 is 0 Å². The zero-order valence-corrected chi connectivity index (χ0v) is 30.8. The van der Waals surface area contributed by atoms with Crippen LogP contribution in [0.5, 0.6) is 0 Å². The molecule has 2 aromatic rings. The summed E-state index contributed by atoms with van der Waals surface area (Å²) in [5, 5.41) is 0. The summed E-state index contributed by atoms with van der Waals surface area (Å²) < 4.78 is 0. The highest BCUT2D eigenvalue weighted by Gasteiger charge is 2.51. The van der Waals surface area contributed by atoms with Crippen LogP contribution in [0.3, 0.4) is 0 Å². The summed E-state index contributed by atoms with van der Waals surface area (Å²) in [6, 6.07) is 16.0. The minimum Gasteiger partial charge on any atom is -0.0991 e. The molecule has 0 aliphatic heterocycles. The molecule has 238 valence electrons. The minimum atomic E-state index is 0.152. The number of rotatable bonds is 5. The fraction of sp³-hybridized carbons (Fsp3) is 0.488. The molecule has 0 N–H and O–H groups in total. The first-order valence-corrected chi connectivity index (χ1v) is 16.7. The Kier molecular flexibility index (Phi) is 17.5. The zero-order chi connectivity index (χ0) is 33.5. The first kappa shape index (κ1) is 40.1. The number of hydrogen-bond donors (Lipinski definition) is 0. The van der Waals surface area contributed by atoms with Crippen molar-refractivity contribution in [2.45, 2.75) is 122 Å². The average molecular weight is 583 g/mol. The summed E-state index contributed by atoms with van der Waals surface area (Å²) in [6.07, 6.45) is 11.0. The van der Waals surface area contributed by atoms with Crippen molar-refractivity contribution < 1.29 is 0 Å². The molecule has 1 saturated carbocycles. The van der Waals surface area contributed by atoms with Gasteiger partial charge in [0, 0.05) is 5.41 Å². The Bertz CT molecular complexity index is 1220. The summed E-state index contributed by atoms with van der Waals surface area (Å²) >= 11 is 0. The van der Waals surface area contributed by atoms with Crippen LogP contribution in [0.15, 0.2) is 97.1 Å². The molecule has 4 rings (SSSR count).